The van der Waals surface area contributed by atoms with E-state index in [2.05, 4.69) is 15.5 Å². The minimum atomic E-state index is -4.79. The van der Waals surface area contributed by atoms with E-state index in [-0.39, 0.29) is 11.5 Å². The first-order chi connectivity index (χ1) is 8.80. The maximum Gasteiger partial charge on any atom is 0.419 e. The molecule has 2 rings (SSSR count). The SMILES string of the molecule is CC(N)c1nnnn1-c1ccc(F)c(C(F)(F)F)c1. The van der Waals surface area contributed by atoms with Crippen molar-refractivity contribution in [1.29, 1.82) is 0 Å². The number of benzene rings is 1. The molecule has 102 valence electrons. The zero-order valence-corrected chi connectivity index (χ0v) is 9.69. The summed E-state index contributed by atoms with van der Waals surface area (Å²) in [5.74, 6) is -1.17. The molecule has 1 aromatic heterocycles. The van der Waals surface area contributed by atoms with E-state index in [1.54, 1.807) is 6.92 Å². The molecule has 2 aromatic rings. The Kier molecular flexibility index (Phi) is 3.23. The van der Waals surface area contributed by atoms with Gasteiger partial charge in [-0.1, -0.05) is 0 Å². The normalized spacial score (nSPS) is 13.6. The van der Waals surface area contributed by atoms with E-state index >= 15 is 0 Å². The zero-order chi connectivity index (χ0) is 14.2. The van der Waals surface area contributed by atoms with E-state index in [1.165, 1.54) is 0 Å². The van der Waals surface area contributed by atoms with Gasteiger partial charge in [0, 0.05) is 0 Å². The largest absolute Gasteiger partial charge is 0.419 e. The van der Waals surface area contributed by atoms with Gasteiger partial charge in [-0.2, -0.15) is 17.9 Å². The van der Waals surface area contributed by atoms with E-state index < -0.39 is 23.6 Å². The van der Waals surface area contributed by atoms with Crippen molar-refractivity contribution in [3.05, 3.63) is 35.4 Å². The Morgan fingerprint density at radius 1 is 1.32 bits per heavy atom. The average molecular weight is 275 g/mol. The molecule has 0 fully saturated rings. The predicted molar refractivity (Wildman–Crippen MR) is 56.7 cm³/mol. The molecule has 1 aromatic carbocycles. The van der Waals surface area contributed by atoms with Crippen LogP contribution in [0.4, 0.5) is 17.6 Å². The molecule has 5 nitrogen and oxygen atoms in total. The number of hydrogen-bond donors (Lipinski definition) is 1. The lowest BCUT2D eigenvalue weighted by molar-refractivity contribution is -0.140. The Labute approximate surface area is 105 Å². The first-order valence-corrected chi connectivity index (χ1v) is 5.21. The van der Waals surface area contributed by atoms with Gasteiger partial charge in [-0.25, -0.2) is 4.39 Å². The van der Waals surface area contributed by atoms with Crippen molar-refractivity contribution >= 4 is 0 Å². The van der Waals surface area contributed by atoms with E-state index in [1.807, 2.05) is 0 Å². The van der Waals surface area contributed by atoms with Crippen LogP contribution >= 0.6 is 0 Å². The molecule has 0 spiro atoms. The molecule has 0 saturated carbocycles. The predicted octanol–water partition coefficient (Wildman–Crippen LogP) is 1.84. The van der Waals surface area contributed by atoms with Crippen molar-refractivity contribution in [3.63, 3.8) is 0 Å². The van der Waals surface area contributed by atoms with Crippen LogP contribution in [0.1, 0.15) is 24.4 Å². The maximum absolute atomic E-state index is 13.2. The van der Waals surface area contributed by atoms with Crippen LogP contribution in [0.15, 0.2) is 18.2 Å². The lowest BCUT2D eigenvalue weighted by Gasteiger charge is -2.11. The van der Waals surface area contributed by atoms with Crippen molar-refractivity contribution in [3.8, 4) is 5.69 Å². The first kappa shape index (κ1) is 13.4. The molecule has 0 amide bonds. The van der Waals surface area contributed by atoms with Crippen molar-refractivity contribution in [2.75, 3.05) is 0 Å². The molecular formula is C10H9F4N5. The summed E-state index contributed by atoms with van der Waals surface area (Å²) in [6, 6.07) is 1.92. The first-order valence-electron chi connectivity index (χ1n) is 5.21. The summed E-state index contributed by atoms with van der Waals surface area (Å²) in [5.41, 5.74) is 4.20. The summed E-state index contributed by atoms with van der Waals surface area (Å²) in [5, 5.41) is 10.5. The number of nitrogens with two attached hydrogens (primary N) is 1. The van der Waals surface area contributed by atoms with Gasteiger partial charge in [0.05, 0.1) is 17.3 Å². The Bertz CT molecular complexity index is 590. The Hall–Kier alpha value is -2.03. The van der Waals surface area contributed by atoms with Crippen molar-refractivity contribution in [2.45, 2.75) is 19.1 Å². The van der Waals surface area contributed by atoms with Gasteiger partial charge >= 0.3 is 6.18 Å². The number of tetrazole rings is 1. The van der Waals surface area contributed by atoms with Crippen LogP contribution < -0.4 is 5.73 Å². The zero-order valence-electron chi connectivity index (χ0n) is 9.69. The summed E-state index contributed by atoms with van der Waals surface area (Å²) >= 11 is 0. The van der Waals surface area contributed by atoms with Gasteiger partial charge in [0.2, 0.25) is 0 Å². The summed E-state index contributed by atoms with van der Waals surface area (Å²) < 4.78 is 52.0. The monoisotopic (exact) mass is 275 g/mol. The minimum Gasteiger partial charge on any atom is -0.321 e. The lowest BCUT2D eigenvalue weighted by atomic mass is 10.1. The molecule has 1 unspecified atom stereocenters. The van der Waals surface area contributed by atoms with E-state index in [0.717, 1.165) is 10.7 Å². The number of alkyl halides is 3. The van der Waals surface area contributed by atoms with Gasteiger partial charge in [-0.05, 0) is 35.5 Å². The highest BCUT2D eigenvalue weighted by Gasteiger charge is 2.34. The van der Waals surface area contributed by atoms with Crippen LogP contribution in [0.2, 0.25) is 0 Å². The van der Waals surface area contributed by atoms with Gasteiger partial charge in [0.1, 0.15) is 5.82 Å². The van der Waals surface area contributed by atoms with E-state index in [0.29, 0.717) is 12.1 Å². The molecular weight excluding hydrogens is 266 g/mol. The Morgan fingerprint density at radius 3 is 2.58 bits per heavy atom. The number of hydrogen-bond acceptors (Lipinski definition) is 4. The molecule has 0 aliphatic rings. The fourth-order valence-electron chi connectivity index (χ4n) is 1.52. The molecule has 0 radical (unpaired) electrons. The van der Waals surface area contributed by atoms with Gasteiger partial charge < -0.3 is 5.73 Å². The fraction of sp³-hybridized carbons (Fsp3) is 0.300. The minimum absolute atomic E-state index is 0.00831. The highest BCUT2D eigenvalue weighted by atomic mass is 19.4. The van der Waals surface area contributed by atoms with Gasteiger partial charge in [-0.3, -0.25) is 0 Å². The molecule has 1 heterocycles. The van der Waals surface area contributed by atoms with E-state index in [4.69, 9.17) is 5.73 Å². The highest BCUT2D eigenvalue weighted by Crippen LogP contribution is 2.32. The Morgan fingerprint density at radius 2 is 2.00 bits per heavy atom. The van der Waals surface area contributed by atoms with Gasteiger partial charge in [0.15, 0.2) is 5.82 Å². The summed E-state index contributed by atoms with van der Waals surface area (Å²) in [7, 11) is 0. The quantitative estimate of drug-likeness (QED) is 0.849. The molecule has 0 aliphatic carbocycles. The second-order valence-corrected chi connectivity index (χ2v) is 3.90. The van der Waals surface area contributed by atoms with Crippen LogP contribution in [0.3, 0.4) is 0 Å². The maximum atomic E-state index is 13.2. The molecule has 0 saturated heterocycles. The van der Waals surface area contributed by atoms with E-state index in [9.17, 15) is 17.6 Å². The second-order valence-electron chi connectivity index (χ2n) is 3.90. The third-order valence-corrected chi connectivity index (χ3v) is 2.40. The molecule has 1 atom stereocenters. The van der Waals surface area contributed by atoms with Gasteiger partial charge in [0.25, 0.3) is 0 Å². The fourth-order valence-corrected chi connectivity index (χ4v) is 1.52. The standard InChI is InChI=1S/C10H9F4N5/c1-5(15)9-16-17-18-19(9)6-2-3-8(11)7(4-6)10(12,13)14/h2-5H,15H2,1H3. The number of nitrogens with zero attached hydrogens (tertiary/aromatic N) is 4. The molecule has 19 heavy (non-hydrogen) atoms. The smallest absolute Gasteiger partial charge is 0.321 e. The third-order valence-electron chi connectivity index (χ3n) is 2.40. The molecule has 0 bridgehead atoms. The van der Waals surface area contributed by atoms with Crippen LogP contribution in [-0.4, -0.2) is 20.2 Å². The second kappa shape index (κ2) is 4.57. The van der Waals surface area contributed by atoms with Crippen molar-refractivity contribution in [2.24, 2.45) is 5.73 Å². The molecule has 2 N–H and O–H groups in total. The van der Waals surface area contributed by atoms with Crippen LogP contribution in [0.25, 0.3) is 5.69 Å². The summed E-state index contributed by atoms with van der Waals surface area (Å²) in [6.45, 7) is 1.58. The average Bonchev–Trinajstić information content (AvgIpc) is 2.77. The summed E-state index contributed by atoms with van der Waals surface area (Å²) in [4.78, 5) is 0. The molecule has 0 aliphatic heterocycles. The van der Waals surface area contributed by atoms with Crippen molar-refractivity contribution in [1.82, 2.24) is 20.2 Å². The lowest BCUT2D eigenvalue weighted by Crippen LogP contribution is -2.15. The topological polar surface area (TPSA) is 69.6 Å². The Balaban J connectivity index is 2.55. The summed E-state index contributed by atoms with van der Waals surface area (Å²) in [6.07, 6.45) is -4.79. The van der Waals surface area contributed by atoms with Crippen LogP contribution in [0, 0.1) is 5.82 Å². The number of aromatic nitrogens is 4. The van der Waals surface area contributed by atoms with Crippen LogP contribution in [0.5, 0.6) is 0 Å². The number of rotatable bonds is 2. The van der Waals surface area contributed by atoms with Gasteiger partial charge in [-0.15, -0.1) is 5.10 Å². The van der Waals surface area contributed by atoms with Crippen molar-refractivity contribution < 1.29 is 17.6 Å². The molecule has 9 heteroatoms. The highest BCUT2D eigenvalue weighted by molar-refractivity contribution is 5.37. The number of halogens is 4. The van der Waals surface area contributed by atoms with Crippen LogP contribution in [-0.2, 0) is 6.18 Å². The third kappa shape index (κ3) is 2.55.